The average Bonchev–Trinajstić information content (AvgIpc) is 3.27. The van der Waals surface area contributed by atoms with Crippen LogP contribution in [0, 0.1) is 5.92 Å². The Balaban J connectivity index is 1.72. The Bertz CT molecular complexity index is 593. The van der Waals surface area contributed by atoms with Crippen LogP contribution in [0.15, 0.2) is 48.5 Å². The summed E-state index contributed by atoms with van der Waals surface area (Å²) in [6, 6.07) is 16.4. The van der Waals surface area contributed by atoms with Crippen molar-refractivity contribution < 1.29 is 0 Å². The number of nitrogens with two attached hydrogens (primary N) is 1. The Morgan fingerprint density at radius 1 is 1.05 bits per heavy atom. The molecule has 3 heteroatoms. The van der Waals surface area contributed by atoms with Gasteiger partial charge in [0.15, 0.2) is 0 Å². The molecule has 110 valence electrons. The van der Waals surface area contributed by atoms with Gasteiger partial charge >= 0.3 is 0 Å². The van der Waals surface area contributed by atoms with Crippen LogP contribution >= 0.6 is 11.6 Å². The van der Waals surface area contributed by atoms with Crippen LogP contribution in [0.5, 0.6) is 0 Å². The van der Waals surface area contributed by atoms with Crippen LogP contribution in [0.1, 0.15) is 24.0 Å². The normalized spacial score (nSPS) is 14.6. The van der Waals surface area contributed by atoms with E-state index < -0.39 is 0 Å². The molecule has 21 heavy (non-hydrogen) atoms. The van der Waals surface area contributed by atoms with Crippen molar-refractivity contribution in [2.24, 2.45) is 5.92 Å². The molecule has 0 aliphatic heterocycles. The second-order valence-electron chi connectivity index (χ2n) is 5.95. The maximum Gasteiger partial charge on any atom is 0.0471 e. The van der Waals surface area contributed by atoms with Crippen LogP contribution in [-0.2, 0) is 13.1 Å². The van der Waals surface area contributed by atoms with Gasteiger partial charge in [0.05, 0.1) is 0 Å². The Morgan fingerprint density at radius 2 is 1.81 bits per heavy atom. The highest BCUT2D eigenvalue weighted by Crippen LogP contribution is 2.31. The summed E-state index contributed by atoms with van der Waals surface area (Å²) in [6.07, 6.45) is 2.72. The third-order valence-electron chi connectivity index (χ3n) is 3.93. The predicted octanol–water partition coefficient (Wildman–Crippen LogP) is 4.33. The highest BCUT2D eigenvalue weighted by molar-refractivity contribution is 6.31. The summed E-state index contributed by atoms with van der Waals surface area (Å²) < 4.78 is 0. The number of halogens is 1. The topological polar surface area (TPSA) is 29.3 Å². The van der Waals surface area contributed by atoms with Crippen molar-refractivity contribution in [1.82, 2.24) is 4.90 Å². The zero-order valence-electron chi connectivity index (χ0n) is 12.1. The first kappa shape index (κ1) is 14.4. The number of nitrogens with zero attached hydrogens (tertiary/aromatic N) is 1. The second kappa shape index (κ2) is 6.50. The fourth-order valence-electron chi connectivity index (χ4n) is 2.62. The van der Waals surface area contributed by atoms with Gasteiger partial charge in [-0.3, -0.25) is 4.90 Å². The van der Waals surface area contributed by atoms with Gasteiger partial charge in [0.25, 0.3) is 0 Å². The van der Waals surface area contributed by atoms with Crippen LogP contribution in [0.3, 0.4) is 0 Å². The van der Waals surface area contributed by atoms with E-state index in [0.717, 1.165) is 41.8 Å². The van der Waals surface area contributed by atoms with Crippen molar-refractivity contribution >= 4 is 17.3 Å². The van der Waals surface area contributed by atoms with Crippen LogP contribution < -0.4 is 5.73 Å². The fourth-order valence-corrected chi connectivity index (χ4v) is 2.87. The number of benzene rings is 2. The summed E-state index contributed by atoms with van der Waals surface area (Å²) in [4.78, 5) is 2.49. The van der Waals surface area contributed by atoms with E-state index in [4.69, 9.17) is 17.3 Å². The second-order valence-corrected chi connectivity index (χ2v) is 6.36. The van der Waals surface area contributed by atoms with E-state index in [0.29, 0.717) is 0 Å². The highest BCUT2D eigenvalue weighted by atomic mass is 35.5. The van der Waals surface area contributed by atoms with Crippen LogP contribution in [0.2, 0.25) is 5.02 Å². The number of nitrogen functional groups attached to an aromatic ring is 1. The SMILES string of the molecule is Nc1ccc(CN(Cc2ccccc2)CC2CC2)c(Cl)c1. The minimum Gasteiger partial charge on any atom is -0.399 e. The Labute approximate surface area is 131 Å². The Kier molecular flexibility index (Phi) is 4.47. The van der Waals surface area contributed by atoms with Crippen molar-refractivity contribution in [3.8, 4) is 0 Å². The van der Waals surface area contributed by atoms with Crippen LogP contribution in [0.25, 0.3) is 0 Å². The van der Waals surface area contributed by atoms with Gasteiger partial charge in [-0.25, -0.2) is 0 Å². The van der Waals surface area contributed by atoms with Gasteiger partial charge in [0.2, 0.25) is 0 Å². The lowest BCUT2D eigenvalue weighted by atomic mass is 10.1. The molecule has 1 saturated carbocycles. The molecule has 0 atom stereocenters. The van der Waals surface area contributed by atoms with Gasteiger partial charge in [0, 0.05) is 30.3 Å². The quantitative estimate of drug-likeness (QED) is 0.804. The van der Waals surface area contributed by atoms with Crippen LogP contribution in [0.4, 0.5) is 5.69 Å². The Morgan fingerprint density at radius 3 is 2.48 bits per heavy atom. The van der Waals surface area contributed by atoms with Gasteiger partial charge in [-0.15, -0.1) is 0 Å². The van der Waals surface area contributed by atoms with Crippen molar-refractivity contribution in [3.63, 3.8) is 0 Å². The van der Waals surface area contributed by atoms with E-state index in [1.165, 1.54) is 18.4 Å². The largest absolute Gasteiger partial charge is 0.399 e. The lowest BCUT2D eigenvalue weighted by Crippen LogP contribution is -2.25. The molecule has 0 amide bonds. The van der Waals surface area contributed by atoms with Gasteiger partial charge in [-0.1, -0.05) is 48.0 Å². The molecule has 0 bridgehead atoms. The molecule has 1 fully saturated rings. The van der Waals surface area contributed by atoms with E-state index in [2.05, 4.69) is 35.2 Å². The first-order chi connectivity index (χ1) is 10.2. The van der Waals surface area contributed by atoms with Gasteiger partial charge in [0.1, 0.15) is 0 Å². The van der Waals surface area contributed by atoms with E-state index in [1.807, 2.05) is 18.2 Å². The molecule has 2 aromatic carbocycles. The van der Waals surface area contributed by atoms with E-state index in [-0.39, 0.29) is 0 Å². The summed E-state index contributed by atoms with van der Waals surface area (Å²) in [5, 5.41) is 0.767. The zero-order valence-corrected chi connectivity index (χ0v) is 12.9. The fraction of sp³-hybridized carbons (Fsp3) is 0.333. The monoisotopic (exact) mass is 300 g/mol. The lowest BCUT2D eigenvalue weighted by Gasteiger charge is -2.23. The van der Waals surface area contributed by atoms with E-state index >= 15 is 0 Å². The molecular formula is C18H21ClN2. The van der Waals surface area contributed by atoms with Gasteiger partial charge < -0.3 is 5.73 Å². The maximum atomic E-state index is 6.32. The molecule has 2 nitrogen and oxygen atoms in total. The molecule has 2 aromatic rings. The third-order valence-corrected chi connectivity index (χ3v) is 4.29. The summed E-state index contributed by atoms with van der Waals surface area (Å²) in [7, 11) is 0. The number of rotatable bonds is 6. The Hall–Kier alpha value is -1.51. The molecule has 1 aliphatic rings. The standard InChI is InChI=1S/C18H21ClN2/c19-18-10-17(20)9-8-16(18)13-21(12-15-6-7-15)11-14-4-2-1-3-5-14/h1-5,8-10,15H,6-7,11-13,20H2. The predicted molar refractivity (Wildman–Crippen MR) is 89.1 cm³/mol. The first-order valence-electron chi connectivity index (χ1n) is 7.51. The van der Waals surface area contributed by atoms with Crippen molar-refractivity contribution in [2.75, 3.05) is 12.3 Å². The maximum absolute atomic E-state index is 6.32. The molecule has 0 unspecified atom stereocenters. The average molecular weight is 301 g/mol. The molecular weight excluding hydrogens is 280 g/mol. The van der Waals surface area contributed by atoms with Gasteiger partial charge in [-0.2, -0.15) is 0 Å². The van der Waals surface area contributed by atoms with E-state index in [9.17, 15) is 0 Å². The molecule has 3 rings (SSSR count). The van der Waals surface area contributed by atoms with Crippen molar-refractivity contribution in [3.05, 3.63) is 64.7 Å². The number of hydrogen-bond donors (Lipinski definition) is 1. The molecule has 0 aromatic heterocycles. The minimum atomic E-state index is 0.723. The minimum absolute atomic E-state index is 0.723. The molecule has 1 aliphatic carbocycles. The molecule has 2 N–H and O–H groups in total. The summed E-state index contributed by atoms with van der Waals surface area (Å²) in [5.41, 5.74) is 9.00. The highest BCUT2D eigenvalue weighted by Gasteiger charge is 2.24. The smallest absolute Gasteiger partial charge is 0.0471 e. The molecule has 0 spiro atoms. The first-order valence-corrected chi connectivity index (χ1v) is 7.88. The summed E-state index contributed by atoms with van der Waals surface area (Å²) in [5.74, 6) is 0.862. The lowest BCUT2D eigenvalue weighted by molar-refractivity contribution is 0.246. The van der Waals surface area contributed by atoms with Gasteiger partial charge in [-0.05, 0) is 42.0 Å². The molecule has 0 radical (unpaired) electrons. The summed E-state index contributed by atoms with van der Waals surface area (Å²) >= 11 is 6.32. The number of anilines is 1. The zero-order chi connectivity index (χ0) is 14.7. The summed E-state index contributed by atoms with van der Waals surface area (Å²) in [6.45, 7) is 3.00. The van der Waals surface area contributed by atoms with Crippen molar-refractivity contribution in [1.29, 1.82) is 0 Å². The van der Waals surface area contributed by atoms with E-state index in [1.54, 1.807) is 0 Å². The molecule has 0 heterocycles. The van der Waals surface area contributed by atoms with Crippen LogP contribution in [-0.4, -0.2) is 11.4 Å². The van der Waals surface area contributed by atoms with Crippen molar-refractivity contribution in [2.45, 2.75) is 25.9 Å². The molecule has 0 saturated heterocycles. The third kappa shape index (κ3) is 4.23. The number of hydrogen-bond acceptors (Lipinski definition) is 2.